The number of aliphatic carboxylic acids is 1. The van der Waals surface area contributed by atoms with Crippen LogP contribution in [0.3, 0.4) is 0 Å². The number of hydrogen-bond acceptors (Lipinski definition) is 2. The van der Waals surface area contributed by atoms with Gasteiger partial charge >= 0.3 is 11.9 Å². The van der Waals surface area contributed by atoms with Crippen LogP contribution in [-0.2, 0) is 9.59 Å². The van der Waals surface area contributed by atoms with Gasteiger partial charge in [0.05, 0.1) is 0 Å². The van der Waals surface area contributed by atoms with Crippen LogP contribution in [0.4, 0.5) is 0 Å². The minimum absolute atomic E-state index is 0.142. The maximum Gasteiger partial charge on any atom is 0.394 e. The molecule has 0 aromatic heterocycles. The summed E-state index contributed by atoms with van der Waals surface area (Å²) >= 11 is 0. The Hall–Kier alpha value is -1.06. The highest BCUT2D eigenvalue weighted by molar-refractivity contribution is 6.31. The number of hydrogen-bond donors (Lipinski definition) is 2. The van der Waals surface area contributed by atoms with E-state index in [-0.39, 0.29) is 6.04 Å². The van der Waals surface area contributed by atoms with Crippen LogP contribution in [0.5, 0.6) is 0 Å². The molecule has 2 aliphatic carbocycles. The maximum atomic E-state index is 10.9. The smallest absolute Gasteiger partial charge is 0.394 e. The lowest BCUT2D eigenvalue weighted by atomic mass is 10.1. The summed E-state index contributed by atoms with van der Waals surface area (Å²) in [5, 5.41) is 11.0. The van der Waals surface area contributed by atoms with Gasteiger partial charge in [0.15, 0.2) is 0 Å². The molecule has 0 bridgehead atoms. The lowest BCUT2D eigenvalue weighted by Crippen LogP contribution is -2.41. The van der Waals surface area contributed by atoms with Crippen molar-refractivity contribution in [1.29, 1.82) is 0 Å². The first kappa shape index (κ1) is 8.53. The molecule has 0 heterocycles. The second kappa shape index (κ2) is 3.01. The summed E-state index contributed by atoms with van der Waals surface area (Å²) in [5.41, 5.74) is 0. The molecule has 0 spiro atoms. The van der Waals surface area contributed by atoms with Crippen molar-refractivity contribution in [2.75, 3.05) is 0 Å². The molecule has 2 saturated carbocycles. The fourth-order valence-electron chi connectivity index (χ4n) is 1.74. The Kier molecular flexibility index (Phi) is 1.98. The summed E-state index contributed by atoms with van der Waals surface area (Å²) in [6.07, 6.45) is 4.56. The van der Waals surface area contributed by atoms with Crippen LogP contribution >= 0.6 is 0 Å². The lowest BCUT2D eigenvalue weighted by molar-refractivity contribution is -0.150. The topological polar surface area (TPSA) is 66.4 Å². The van der Waals surface area contributed by atoms with Gasteiger partial charge in [0.1, 0.15) is 0 Å². The zero-order valence-corrected chi connectivity index (χ0v) is 7.32. The highest BCUT2D eigenvalue weighted by atomic mass is 16.4. The zero-order chi connectivity index (χ0) is 9.42. The molecule has 0 aromatic rings. The van der Waals surface area contributed by atoms with E-state index in [2.05, 4.69) is 5.32 Å². The molecule has 0 radical (unpaired) electrons. The van der Waals surface area contributed by atoms with Crippen molar-refractivity contribution in [2.45, 2.75) is 31.7 Å². The summed E-state index contributed by atoms with van der Waals surface area (Å²) in [7, 11) is 0. The molecule has 2 N–H and O–H groups in total. The Morgan fingerprint density at radius 2 is 1.62 bits per heavy atom. The largest absolute Gasteiger partial charge is 0.474 e. The van der Waals surface area contributed by atoms with Crippen molar-refractivity contribution in [3.8, 4) is 0 Å². The van der Waals surface area contributed by atoms with Gasteiger partial charge in [-0.25, -0.2) is 4.79 Å². The number of carbonyl (C=O) groups excluding carboxylic acids is 1. The van der Waals surface area contributed by atoms with Crippen LogP contribution in [0.2, 0.25) is 0 Å². The van der Waals surface area contributed by atoms with Gasteiger partial charge in [0.25, 0.3) is 0 Å². The SMILES string of the molecule is O=C(O)C(=O)NC(C1CC1)C1CC1. The molecule has 0 unspecified atom stereocenters. The Balaban J connectivity index is 1.88. The molecule has 0 atom stereocenters. The Labute approximate surface area is 76.3 Å². The monoisotopic (exact) mass is 183 g/mol. The highest BCUT2D eigenvalue weighted by Crippen LogP contribution is 2.44. The molecule has 1 amide bonds. The second-order valence-electron chi connectivity index (χ2n) is 3.98. The van der Waals surface area contributed by atoms with E-state index in [4.69, 9.17) is 5.11 Å². The number of carboxylic acids is 1. The van der Waals surface area contributed by atoms with Crippen LogP contribution in [0, 0.1) is 11.8 Å². The first-order valence-corrected chi connectivity index (χ1v) is 4.72. The predicted octanol–water partition coefficient (Wildman–Crippen LogP) is 0.376. The van der Waals surface area contributed by atoms with Crippen molar-refractivity contribution in [1.82, 2.24) is 5.32 Å². The van der Waals surface area contributed by atoms with E-state index in [9.17, 15) is 9.59 Å². The predicted molar refractivity (Wildman–Crippen MR) is 45.0 cm³/mol. The van der Waals surface area contributed by atoms with E-state index in [0.717, 1.165) is 25.7 Å². The summed E-state index contributed by atoms with van der Waals surface area (Å²) in [6, 6.07) is 0.142. The molecule has 0 aromatic carbocycles. The van der Waals surface area contributed by atoms with E-state index in [1.54, 1.807) is 0 Å². The van der Waals surface area contributed by atoms with Crippen LogP contribution in [-0.4, -0.2) is 23.0 Å². The summed E-state index contributed by atoms with van der Waals surface area (Å²) in [4.78, 5) is 21.2. The van der Waals surface area contributed by atoms with Crippen LogP contribution in [0.15, 0.2) is 0 Å². The summed E-state index contributed by atoms with van der Waals surface area (Å²) in [5.74, 6) is -1.11. The van der Waals surface area contributed by atoms with E-state index >= 15 is 0 Å². The quantitative estimate of drug-likeness (QED) is 0.621. The Morgan fingerprint density at radius 3 is 1.92 bits per heavy atom. The average Bonchev–Trinajstić information content (AvgIpc) is 2.90. The molecular weight excluding hydrogens is 170 g/mol. The molecular formula is C9H13NO3. The highest BCUT2D eigenvalue weighted by Gasteiger charge is 2.42. The van der Waals surface area contributed by atoms with Crippen molar-refractivity contribution < 1.29 is 14.7 Å². The van der Waals surface area contributed by atoms with Crippen LogP contribution in [0.1, 0.15) is 25.7 Å². The standard InChI is InChI=1S/C9H13NO3/c11-8(9(12)13)10-7(5-1-2-5)6-3-4-6/h5-7H,1-4H2,(H,10,11)(H,12,13). The number of carboxylic acid groups (broad SMARTS) is 1. The Bertz CT molecular complexity index is 231. The number of nitrogens with one attached hydrogen (secondary N) is 1. The molecule has 4 heteroatoms. The maximum absolute atomic E-state index is 10.9. The summed E-state index contributed by atoms with van der Waals surface area (Å²) < 4.78 is 0. The van der Waals surface area contributed by atoms with Gasteiger partial charge in [-0.15, -0.1) is 0 Å². The van der Waals surface area contributed by atoms with E-state index < -0.39 is 11.9 Å². The number of rotatable bonds is 3. The van der Waals surface area contributed by atoms with Gasteiger partial charge in [-0.2, -0.15) is 0 Å². The molecule has 4 nitrogen and oxygen atoms in total. The van der Waals surface area contributed by atoms with Crippen LogP contribution in [0.25, 0.3) is 0 Å². The molecule has 2 aliphatic rings. The number of carbonyl (C=O) groups is 2. The third-order valence-electron chi connectivity index (χ3n) is 2.75. The van der Waals surface area contributed by atoms with Gasteiger partial charge in [-0.3, -0.25) is 4.79 Å². The van der Waals surface area contributed by atoms with Gasteiger partial charge in [-0.05, 0) is 37.5 Å². The van der Waals surface area contributed by atoms with E-state index in [1.807, 2.05) is 0 Å². The van der Waals surface area contributed by atoms with E-state index in [0.29, 0.717) is 11.8 Å². The van der Waals surface area contributed by atoms with Gasteiger partial charge < -0.3 is 10.4 Å². The fraction of sp³-hybridized carbons (Fsp3) is 0.778. The van der Waals surface area contributed by atoms with Crippen molar-refractivity contribution in [3.63, 3.8) is 0 Å². The van der Waals surface area contributed by atoms with Crippen molar-refractivity contribution in [2.24, 2.45) is 11.8 Å². The molecule has 0 saturated heterocycles. The molecule has 0 aliphatic heterocycles. The minimum Gasteiger partial charge on any atom is -0.474 e. The van der Waals surface area contributed by atoms with Gasteiger partial charge in [0, 0.05) is 6.04 Å². The minimum atomic E-state index is -1.37. The molecule has 2 rings (SSSR count). The van der Waals surface area contributed by atoms with Gasteiger partial charge in [0.2, 0.25) is 0 Å². The number of amides is 1. The zero-order valence-electron chi connectivity index (χ0n) is 7.32. The van der Waals surface area contributed by atoms with E-state index in [1.165, 1.54) is 0 Å². The van der Waals surface area contributed by atoms with Crippen molar-refractivity contribution in [3.05, 3.63) is 0 Å². The summed E-state index contributed by atoms with van der Waals surface area (Å²) in [6.45, 7) is 0. The first-order valence-electron chi connectivity index (χ1n) is 4.72. The molecule has 2 fully saturated rings. The normalized spacial score (nSPS) is 21.6. The van der Waals surface area contributed by atoms with Crippen LogP contribution < -0.4 is 5.32 Å². The molecule has 72 valence electrons. The van der Waals surface area contributed by atoms with Crippen molar-refractivity contribution >= 4 is 11.9 Å². The second-order valence-corrected chi connectivity index (χ2v) is 3.98. The lowest BCUT2D eigenvalue weighted by Gasteiger charge is -2.15. The first-order chi connectivity index (χ1) is 6.18. The fourth-order valence-corrected chi connectivity index (χ4v) is 1.74. The third-order valence-corrected chi connectivity index (χ3v) is 2.75. The Morgan fingerprint density at radius 1 is 1.15 bits per heavy atom. The average molecular weight is 183 g/mol. The molecule has 13 heavy (non-hydrogen) atoms. The third kappa shape index (κ3) is 1.99. The van der Waals surface area contributed by atoms with Gasteiger partial charge in [-0.1, -0.05) is 0 Å².